The van der Waals surface area contributed by atoms with Gasteiger partial charge in [-0.25, -0.2) is 4.79 Å². The number of fused-ring (bicyclic) bond motifs is 1. The summed E-state index contributed by atoms with van der Waals surface area (Å²) in [4.78, 5) is 42.7. The molecule has 2 amide bonds. The summed E-state index contributed by atoms with van der Waals surface area (Å²) in [5.74, 6) is -1.46. The Labute approximate surface area is 202 Å². The number of amides is 2. The Morgan fingerprint density at radius 2 is 1.62 bits per heavy atom. The van der Waals surface area contributed by atoms with E-state index in [1.807, 2.05) is 70.2 Å². The molecule has 2 N–H and O–H groups in total. The summed E-state index contributed by atoms with van der Waals surface area (Å²) in [7, 11) is 0. The van der Waals surface area contributed by atoms with Gasteiger partial charge in [0.2, 0.25) is 11.8 Å². The van der Waals surface area contributed by atoms with Crippen molar-refractivity contribution in [2.45, 2.75) is 66.1 Å². The Morgan fingerprint density at radius 3 is 2.26 bits per heavy atom. The van der Waals surface area contributed by atoms with Crippen LogP contribution in [0.2, 0.25) is 0 Å². The van der Waals surface area contributed by atoms with Crippen LogP contribution in [-0.4, -0.2) is 48.7 Å². The lowest BCUT2D eigenvalue weighted by atomic mass is 9.96. The fraction of sp³-hybridized carbons (Fsp3) is 0.481. The third kappa shape index (κ3) is 7.14. The van der Waals surface area contributed by atoms with Gasteiger partial charge in [0.15, 0.2) is 0 Å². The molecule has 7 heteroatoms. The van der Waals surface area contributed by atoms with Crippen LogP contribution >= 0.6 is 0 Å². The van der Waals surface area contributed by atoms with Crippen molar-refractivity contribution < 1.29 is 19.1 Å². The Kier molecular flexibility index (Phi) is 10.2. The minimum atomic E-state index is -0.804. The highest BCUT2D eigenvalue weighted by Crippen LogP contribution is 2.18. The number of aliphatic imine (C=N–C) groups is 1. The molecule has 7 nitrogen and oxygen atoms in total. The molecular weight excluding hydrogens is 430 g/mol. The summed E-state index contributed by atoms with van der Waals surface area (Å²) in [5.41, 5.74) is 0.927. The molecule has 0 spiro atoms. The van der Waals surface area contributed by atoms with Crippen LogP contribution in [0.1, 0.15) is 53.5 Å². The van der Waals surface area contributed by atoms with Crippen molar-refractivity contribution in [3.8, 4) is 0 Å². The molecule has 0 fully saturated rings. The van der Waals surface area contributed by atoms with Gasteiger partial charge < -0.3 is 15.4 Å². The van der Waals surface area contributed by atoms with E-state index < -0.39 is 30.0 Å². The number of hydrogen-bond donors (Lipinski definition) is 2. The van der Waals surface area contributed by atoms with Crippen LogP contribution in [0.15, 0.2) is 47.5 Å². The molecule has 0 aromatic heterocycles. The molecule has 4 atom stereocenters. The Hall–Kier alpha value is -3.22. The second-order valence-corrected chi connectivity index (χ2v) is 8.89. The first-order chi connectivity index (χ1) is 16.2. The van der Waals surface area contributed by atoms with Gasteiger partial charge in [-0.2, -0.15) is 0 Å². The first-order valence-corrected chi connectivity index (χ1v) is 12.0. The quantitative estimate of drug-likeness (QED) is 0.387. The molecule has 0 aliphatic rings. The van der Waals surface area contributed by atoms with E-state index in [-0.39, 0.29) is 24.3 Å². The molecule has 0 bridgehead atoms. The summed E-state index contributed by atoms with van der Waals surface area (Å²) in [5, 5.41) is 7.70. The average molecular weight is 468 g/mol. The second-order valence-electron chi connectivity index (χ2n) is 8.89. The first kappa shape index (κ1) is 27.0. The lowest BCUT2D eigenvalue weighted by Gasteiger charge is -2.27. The highest BCUT2D eigenvalue weighted by atomic mass is 16.5. The number of carbonyl (C=O) groups is 3. The van der Waals surface area contributed by atoms with Gasteiger partial charge in [0.25, 0.3) is 0 Å². The van der Waals surface area contributed by atoms with Crippen molar-refractivity contribution in [3.63, 3.8) is 0 Å². The fourth-order valence-corrected chi connectivity index (χ4v) is 3.64. The number of nitrogens with zero attached hydrogens (tertiary/aromatic N) is 1. The molecule has 34 heavy (non-hydrogen) atoms. The molecule has 0 saturated carbocycles. The maximum atomic E-state index is 13.2. The van der Waals surface area contributed by atoms with E-state index in [4.69, 9.17) is 4.74 Å². The molecule has 0 unspecified atom stereocenters. The summed E-state index contributed by atoms with van der Waals surface area (Å²) >= 11 is 0. The van der Waals surface area contributed by atoms with E-state index in [2.05, 4.69) is 15.6 Å². The highest BCUT2D eigenvalue weighted by Gasteiger charge is 2.31. The standard InChI is InChI=1S/C27H37N3O4/c1-7-18(5)24(26(32)29-19(6)27(33)34-8-2)30-25(31)23(17(3)4)28-16-21-14-11-13-20-12-9-10-15-22(20)21/h9-19,23-24H,7-8H2,1-6H3,(H,29,32)(H,30,31)/t18-,19-,23-,24-/m0/s1. The summed E-state index contributed by atoms with van der Waals surface area (Å²) in [6.45, 7) is 11.2. The van der Waals surface area contributed by atoms with Gasteiger partial charge in [0.05, 0.1) is 6.61 Å². The Morgan fingerprint density at radius 1 is 0.941 bits per heavy atom. The zero-order chi connectivity index (χ0) is 25.3. The predicted molar refractivity (Wildman–Crippen MR) is 136 cm³/mol. The molecule has 0 heterocycles. The molecule has 184 valence electrons. The molecule has 2 aromatic carbocycles. The van der Waals surface area contributed by atoms with Crippen LogP contribution in [0.25, 0.3) is 10.8 Å². The summed E-state index contributed by atoms with van der Waals surface area (Å²) in [6, 6.07) is 11.7. The monoisotopic (exact) mass is 467 g/mol. The summed E-state index contributed by atoms with van der Waals surface area (Å²) < 4.78 is 4.97. The number of hydrogen-bond acceptors (Lipinski definition) is 5. The van der Waals surface area contributed by atoms with Crippen LogP contribution in [0.4, 0.5) is 0 Å². The number of benzene rings is 2. The van der Waals surface area contributed by atoms with Crippen molar-refractivity contribution in [2.75, 3.05) is 6.61 Å². The minimum absolute atomic E-state index is 0.0784. The molecule has 0 radical (unpaired) electrons. The first-order valence-electron chi connectivity index (χ1n) is 12.0. The zero-order valence-corrected chi connectivity index (χ0v) is 21.0. The minimum Gasteiger partial charge on any atom is -0.464 e. The van der Waals surface area contributed by atoms with Crippen molar-refractivity contribution >= 4 is 34.8 Å². The zero-order valence-electron chi connectivity index (χ0n) is 21.0. The lowest BCUT2D eigenvalue weighted by Crippen LogP contribution is -2.55. The topological polar surface area (TPSA) is 96.9 Å². The average Bonchev–Trinajstić information content (AvgIpc) is 2.82. The van der Waals surface area contributed by atoms with E-state index in [1.54, 1.807) is 20.1 Å². The maximum absolute atomic E-state index is 13.2. The number of ether oxygens (including phenoxy) is 1. The van der Waals surface area contributed by atoms with Gasteiger partial charge in [-0.3, -0.25) is 14.6 Å². The third-order valence-corrected chi connectivity index (χ3v) is 5.89. The van der Waals surface area contributed by atoms with Gasteiger partial charge in [-0.1, -0.05) is 76.6 Å². The van der Waals surface area contributed by atoms with Crippen molar-refractivity contribution in [3.05, 3.63) is 48.0 Å². The maximum Gasteiger partial charge on any atom is 0.328 e. The van der Waals surface area contributed by atoms with Gasteiger partial charge in [-0.15, -0.1) is 0 Å². The van der Waals surface area contributed by atoms with Crippen LogP contribution in [0, 0.1) is 11.8 Å². The van der Waals surface area contributed by atoms with Gasteiger partial charge in [0, 0.05) is 11.8 Å². The van der Waals surface area contributed by atoms with Gasteiger partial charge in [-0.05, 0) is 36.5 Å². The number of esters is 1. The van der Waals surface area contributed by atoms with E-state index in [1.165, 1.54) is 0 Å². The van der Waals surface area contributed by atoms with Gasteiger partial charge in [0.1, 0.15) is 18.1 Å². The molecule has 0 aliphatic carbocycles. The fourth-order valence-electron chi connectivity index (χ4n) is 3.64. The SMILES string of the molecule is CCOC(=O)[C@H](C)NC(=O)[C@@H](NC(=O)[C@@H](N=Cc1cccc2ccccc12)C(C)C)[C@@H](C)CC. The summed E-state index contributed by atoms with van der Waals surface area (Å²) in [6.07, 6.45) is 2.41. The van der Waals surface area contributed by atoms with Crippen LogP contribution in [0.3, 0.4) is 0 Å². The molecule has 2 rings (SSSR count). The van der Waals surface area contributed by atoms with E-state index in [0.717, 1.165) is 16.3 Å². The largest absolute Gasteiger partial charge is 0.464 e. The molecule has 2 aromatic rings. The second kappa shape index (κ2) is 12.9. The number of rotatable bonds is 11. The lowest BCUT2D eigenvalue weighted by molar-refractivity contribution is -0.147. The number of nitrogens with one attached hydrogen (secondary N) is 2. The van der Waals surface area contributed by atoms with E-state index in [0.29, 0.717) is 6.42 Å². The van der Waals surface area contributed by atoms with Gasteiger partial charge >= 0.3 is 5.97 Å². The molecular formula is C27H37N3O4. The van der Waals surface area contributed by atoms with Crippen molar-refractivity contribution in [2.24, 2.45) is 16.8 Å². The van der Waals surface area contributed by atoms with Crippen molar-refractivity contribution in [1.82, 2.24) is 10.6 Å². The predicted octanol–water partition coefficient (Wildman–Crippen LogP) is 3.88. The van der Waals surface area contributed by atoms with Crippen molar-refractivity contribution in [1.29, 1.82) is 0 Å². The smallest absolute Gasteiger partial charge is 0.328 e. The van der Waals surface area contributed by atoms with Crippen LogP contribution in [-0.2, 0) is 19.1 Å². The Bertz CT molecular complexity index is 1010. The molecule has 0 saturated heterocycles. The number of carbonyl (C=O) groups excluding carboxylic acids is 3. The van der Waals surface area contributed by atoms with E-state index >= 15 is 0 Å². The third-order valence-electron chi connectivity index (χ3n) is 5.89. The van der Waals surface area contributed by atoms with Crippen LogP contribution < -0.4 is 10.6 Å². The highest BCUT2D eigenvalue weighted by molar-refractivity contribution is 6.00. The Balaban J connectivity index is 2.21. The van der Waals surface area contributed by atoms with E-state index in [9.17, 15) is 14.4 Å². The van der Waals surface area contributed by atoms with Crippen LogP contribution in [0.5, 0.6) is 0 Å². The normalized spacial score (nSPS) is 15.0. The molecule has 0 aliphatic heterocycles.